The van der Waals surface area contributed by atoms with Crippen LogP contribution in [-0.4, -0.2) is 10.2 Å². The standard InChI is InChI=1S/C11H11NO/c1-2-11(13)9-5-3-7-12-8-4-6-10(9)12/h3-8H,2H2,1H3. The van der Waals surface area contributed by atoms with Crippen molar-refractivity contribution in [3.63, 3.8) is 0 Å². The van der Waals surface area contributed by atoms with Crippen LogP contribution in [0.4, 0.5) is 0 Å². The van der Waals surface area contributed by atoms with Crippen LogP contribution < -0.4 is 0 Å². The minimum atomic E-state index is 0.198. The van der Waals surface area contributed by atoms with Crippen molar-refractivity contribution in [2.75, 3.05) is 0 Å². The van der Waals surface area contributed by atoms with Gasteiger partial charge >= 0.3 is 0 Å². The Balaban J connectivity index is 2.67. The summed E-state index contributed by atoms with van der Waals surface area (Å²) in [6, 6.07) is 7.68. The Morgan fingerprint density at radius 1 is 1.31 bits per heavy atom. The maximum absolute atomic E-state index is 11.5. The van der Waals surface area contributed by atoms with Crippen LogP contribution in [0.1, 0.15) is 23.7 Å². The SMILES string of the molecule is CCC(=O)c1cccn2cccc12. The van der Waals surface area contributed by atoms with Crippen molar-refractivity contribution in [1.82, 2.24) is 4.40 Å². The van der Waals surface area contributed by atoms with Crippen molar-refractivity contribution in [2.24, 2.45) is 0 Å². The van der Waals surface area contributed by atoms with Crippen LogP contribution in [-0.2, 0) is 0 Å². The van der Waals surface area contributed by atoms with Gasteiger partial charge < -0.3 is 4.40 Å². The highest BCUT2D eigenvalue weighted by Gasteiger charge is 2.06. The zero-order valence-electron chi connectivity index (χ0n) is 7.53. The molecule has 0 aliphatic rings. The van der Waals surface area contributed by atoms with Gasteiger partial charge in [-0.3, -0.25) is 4.79 Å². The Morgan fingerprint density at radius 2 is 2.00 bits per heavy atom. The quantitative estimate of drug-likeness (QED) is 0.639. The van der Waals surface area contributed by atoms with Crippen molar-refractivity contribution in [1.29, 1.82) is 0 Å². The van der Waals surface area contributed by atoms with Crippen molar-refractivity contribution >= 4 is 11.3 Å². The normalized spacial score (nSPS) is 10.5. The summed E-state index contributed by atoms with van der Waals surface area (Å²) in [7, 11) is 0. The molecule has 13 heavy (non-hydrogen) atoms. The number of pyridine rings is 1. The highest BCUT2D eigenvalue weighted by molar-refractivity contribution is 6.02. The molecule has 2 heterocycles. The summed E-state index contributed by atoms with van der Waals surface area (Å²) in [6.07, 6.45) is 4.45. The second-order valence-electron chi connectivity index (χ2n) is 3.00. The van der Waals surface area contributed by atoms with Crippen LogP contribution in [0.5, 0.6) is 0 Å². The zero-order chi connectivity index (χ0) is 9.26. The number of hydrogen-bond acceptors (Lipinski definition) is 1. The third-order valence-electron chi connectivity index (χ3n) is 2.19. The minimum Gasteiger partial charge on any atom is -0.323 e. The third kappa shape index (κ3) is 1.24. The topological polar surface area (TPSA) is 21.5 Å². The van der Waals surface area contributed by atoms with E-state index in [9.17, 15) is 4.79 Å². The molecule has 0 aliphatic heterocycles. The molecule has 0 aliphatic carbocycles. The van der Waals surface area contributed by atoms with Crippen molar-refractivity contribution < 1.29 is 4.79 Å². The molecule has 2 aromatic heterocycles. The van der Waals surface area contributed by atoms with Gasteiger partial charge in [0.05, 0.1) is 5.52 Å². The molecule has 0 spiro atoms. The fourth-order valence-corrected chi connectivity index (χ4v) is 1.50. The van der Waals surface area contributed by atoms with Crippen LogP contribution in [0.2, 0.25) is 0 Å². The average Bonchev–Trinajstić information content (AvgIpc) is 2.63. The fourth-order valence-electron chi connectivity index (χ4n) is 1.50. The molecule has 0 N–H and O–H groups in total. The van der Waals surface area contributed by atoms with Gasteiger partial charge in [0, 0.05) is 24.4 Å². The van der Waals surface area contributed by atoms with E-state index < -0.39 is 0 Å². The van der Waals surface area contributed by atoms with Gasteiger partial charge in [-0.25, -0.2) is 0 Å². The lowest BCUT2D eigenvalue weighted by Gasteiger charge is -2.01. The maximum atomic E-state index is 11.5. The molecule has 0 saturated carbocycles. The zero-order valence-corrected chi connectivity index (χ0v) is 7.53. The number of hydrogen-bond donors (Lipinski definition) is 0. The van der Waals surface area contributed by atoms with Crippen LogP contribution in [0.25, 0.3) is 5.52 Å². The lowest BCUT2D eigenvalue weighted by Crippen LogP contribution is -1.98. The number of carbonyl (C=O) groups is 1. The van der Waals surface area contributed by atoms with E-state index in [1.807, 2.05) is 48.0 Å². The number of carbonyl (C=O) groups excluding carboxylic acids is 1. The molecule has 0 amide bonds. The molecule has 0 fully saturated rings. The first kappa shape index (κ1) is 8.05. The van der Waals surface area contributed by atoms with Gasteiger partial charge in [-0.1, -0.05) is 6.92 Å². The minimum absolute atomic E-state index is 0.198. The average molecular weight is 173 g/mol. The molecule has 0 bridgehead atoms. The Morgan fingerprint density at radius 3 is 2.69 bits per heavy atom. The van der Waals surface area contributed by atoms with Crippen molar-refractivity contribution in [2.45, 2.75) is 13.3 Å². The Labute approximate surface area is 76.8 Å². The Kier molecular flexibility index (Phi) is 1.89. The number of Topliss-reactive ketones (excluding diaryl/α,β-unsaturated/α-hetero) is 1. The molecule has 0 aromatic carbocycles. The summed E-state index contributed by atoms with van der Waals surface area (Å²) in [6.45, 7) is 1.88. The van der Waals surface area contributed by atoms with E-state index in [1.54, 1.807) is 0 Å². The van der Waals surface area contributed by atoms with E-state index in [-0.39, 0.29) is 5.78 Å². The summed E-state index contributed by atoms with van der Waals surface area (Å²) >= 11 is 0. The summed E-state index contributed by atoms with van der Waals surface area (Å²) < 4.78 is 1.96. The van der Waals surface area contributed by atoms with E-state index in [2.05, 4.69) is 0 Å². The number of aromatic nitrogens is 1. The van der Waals surface area contributed by atoms with E-state index in [0.29, 0.717) is 6.42 Å². The lowest BCUT2D eigenvalue weighted by molar-refractivity contribution is 0.0989. The molecular formula is C11H11NO. The molecule has 2 aromatic rings. The van der Waals surface area contributed by atoms with E-state index in [1.165, 1.54) is 0 Å². The highest BCUT2D eigenvalue weighted by Crippen LogP contribution is 2.13. The van der Waals surface area contributed by atoms with Crippen LogP contribution in [0.3, 0.4) is 0 Å². The van der Waals surface area contributed by atoms with Gasteiger partial charge in [0.25, 0.3) is 0 Å². The largest absolute Gasteiger partial charge is 0.323 e. The van der Waals surface area contributed by atoms with Gasteiger partial charge in [-0.2, -0.15) is 0 Å². The molecule has 0 unspecified atom stereocenters. The van der Waals surface area contributed by atoms with Crippen LogP contribution in [0, 0.1) is 0 Å². The Hall–Kier alpha value is -1.57. The molecule has 2 rings (SSSR count). The second-order valence-corrected chi connectivity index (χ2v) is 3.00. The fraction of sp³-hybridized carbons (Fsp3) is 0.182. The highest BCUT2D eigenvalue weighted by atomic mass is 16.1. The second kappa shape index (κ2) is 3.05. The van der Waals surface area contributed by atoms with E-state index in [0.717, 1.165) is 11.1 Å². The van der Waals surface area contributed by atoms with Gasteiger partial charge in [-0.05, 0) is 24.3 Å². The van der Waals surface area contributed by atoms with Crippen molar-refractivity contribution in [3.8, 4) is 0 Å². The van der Waals surface area contributed by atoms with Gasteiger partial charge in [0.2, 0.25) is 0 Å². The molecule has 0 saturated heterocycles. The lowest BCUT2D eigenvalue weighted by atomic mass is 10.1. The van der Waals surface area contributed by atoms with E-state index >= 15 is 0 Å². The number of rotatable bonds is 2. The summed E-state index contributed by atoms with van der Waals surface area (Å²) in [5.41, 5.74) is 1.81. The third-order valence-corrected chi connectivity index (χ3v) is 2.19. The molecule has 66 valence electrons. The molecular weight excluding hydrogens is 162 g/mol. The summed E-state index contributed by atoms with van der Waals surface area (Å²) in [5.74, 6) is 0.198. The number of ketones is 1. The first-order valence-corrected chi connectivity index (χ1v) is 4.42. The van der Waals surface area contributed by atoms with E-state index in [4.69, 9.17) is 0 Å². The molecule has 2 heteroatoms. The van der Waals surface area contributed by atoms with Gasteiger partial charge in [0.15, 0.2) is 5.78 Å². The first-order chi connectivity index (χ1) is 6.33. The predicted molar refractivity (Wildman–Crippen MR) is 52.0 cm³/mol. The Bertz CT molecular complexity index is 442. The number of nitrogens with zero attached hydrogens (tertiary/aromatic N) is 1. The molecule has 2 nitrogen and oxygen atoms in total. The maximum Gasteiger partial charge on any atom is 0.164 e. The molecule has 0 atom stereocenters. The van der Waals surface area contributed by atoms with Gasteiger partial charge in [-0.15, -0.1) is 0 Å². The predicted octanol–water partition coefficient (Wildman–Crippen LogP) is 2.53. The molecule has 0 radical (unpaired) electrons. The summed E-state index contributed by atoms with van der Waals surface area (Å²) in [5, 5.41) is 0. The monoisotopic (exact) mass is 173 g/mol. The summed E-state index contributed by atoms with van der Waals surface area (Å²) in [4.78, 5) is 11.5. The van der Waals surface area contributed by atoms with Crippen LogP contribution >= 0.6 is 0 Å². The van der Waals surface area contributed by atoms with Crippen LogP contribution in [0.15, 0.2) is 36.7 Å². The first-order valence-electron chi connectivity index (χ1n) is 4.42. The van der Waals surface area contributed by atoms with Gasteiger partial charge in [0.1, 0.15) is 0 Å². The number of fused-ring (bicyclic) bond motifs is 1. The van der Waals surface area contributed by atoms with Crippen molar-refractivity contribution in [3.05, 3.63) is 42.2 Å². The smallest absolute Gasteiger partial charge is 0.164 e.